The van der Waals surface area contributed by atoms with Gasteiger partial charge in [-0.2, -0.15) is 0 Å². The molecule has 0 saturated carbocycles. The summed E-state index contributed by atoms with van der Waals surface area (Å²) in [6.45, 7) is 5.08. The zero-order chi connectivity index (χ0) is 18.0. The molecule has 2 aromatic rings. The summed E-state index contributed by atoms with van der Waals surface area (Å²) in [6, 6.07) is 7.20. The summed E-state index contributed by atoms with van der Waals surface area (Å²) in [7, 11) is 0. The van der Waals surface area contributed by atoms with Crippen LogP contribution >= 0.6 is 11.6 Å². The molecule has 1 aliphatic heterocycles. The van der Waals surface area contributed by atoms with E-state index in [1.807, 2.05) is 24.0 Å². The van der Waals surface area contributed by atoms with Gasteiger partial charge in [-0.3, -0.25) is 14.2 Å². The highest BCUT2D eigenvalue weighted by molar-refractivity contribution is 6.30. The van der Waals surface area contributed by atoms with Gasteiger partial charge in [-0.15, -0.1) is 0 Å². The van der Waals surface area contributed by atoms with Crippen LogP contribution in [0.25, 0.3) is 11.4 Å². The van der Waals surface area contributed by atoms with E-state index in [2.05, 4.69) is 4.98 Å². The molecule has 0 N–H and O–H groups in total. The average Bonchev–Trinajstić information content (AvgIpc) is 2.62. The fraction of sp³-hybridized carbons (Fsp3) is 0.421. The first kappa shape index (κ1) is 17.7. The van der Waals surface area contributed by atoms with Gasteiger partial charge in [-0.25, -0.2) is 4.98 Å². The van der Waals surface area contributed by atoms with Gasteiger partial charge < -0.3 is 4.90 Å². The number of rotatable bonds is 3. The third-order valence-corrected chi connectivity index (χ3v) is 4.96. The first-order valence-corrected chi connectivity index (χ1v) is 8.97. The fourth-order valence-electron chi connectivity index (χ4n) is 3.13. The van der Waals surface area contributed by atoms with Crippen molar-refractivity contribution in [1.29, 1.82) is 0 Å². The number of piperidine rings is 1. The van der Waals surface area contributed by atoms with E-state index < -0.39 is 0 Å². The van der Waals surface area contributed by atoms with Crippen molar-refractivity contribution in [2.75, 3.05) is 13.1 Å². The highest BCUT2D eigenvalue weighted by Gasteiger charge is 2.20. The summed E-state index contributed by atoms with van der Waals surface area (Å²) in [5.74, 6) is 0.455. The van der Waals surface area contributed by atoms with Crippen LogP contribution in [0.2, 0.25) is 5.02 Å². The van der Waals surface area contributed by atoms with E-state index in [0.717, 1.165) is 37.9 Å². The smallest absolute Gasteiger partial charge is 0.257 e. The minimum absolute atomic E-state index is 0.00873. The molecule has 5 nitrogen and oxygen atoms in total. The van der Waals surface area contributed by atoms with Crippen LogP contribution in [0.4, 0.5) is 0 Å². The number of hydrogen-bond donors (Lipinski definition) is 0. The number of aromatic nitrogens is 2. The van der Waals surface area contributed by atoms with Crippen LogP contribution in [0.15, 0.2) is 29.1 Å². The van der Waals surface area contributed by atoms with Crippen molar-refractivity contribution in [3.05, 3.63) is 50.9 Å². The van der Waals surface area contributed by atoms with Gasteiger partial charge >= 0.3 is 0 Å². The van der Waals surface area contributed by atoms with E-state index in [9.17, 15) is 9.59 Å². The summed E-state index contributed by atoms with van der Waals surface area (Å²) in [6.07, 6.45) is 3.20. The van der Waals surface area contributed by atoms with Gasteiger partial charge in [0.05, 0.1) is 0 Å². The Kier molecular flexibility index (Phi) is 5.23. The van der Waals surface area contributed by atoms with Gasteiger partial charge in [0.15, 0.2) is 0 Å². The van der Waals surface area contributed by atoms with Crippen LogP contribution in [0.3, 0.4) is 0 Å². The highest BCUT2D eigenvalue weighted by atomic mass is 35.5. The van der Waals surface area contributed by atoms with Crippen LogP contribution < -0.4 is 5.56 Å². The van der Waals surface area contributed by atoms with Gasteiger partial charge in [-0.1, -0.05) is 23.7 Å². The number of amides is 1. The van der Waals surface area contributed by atoms with E-state index in [1.54, 1.807) is 19.1 Å². The molecule has 0 aliphatic carbocycles. The molecule has 1 aromatic carbocycles. The summed E-state index contributed by atoms with van der Waals surface area (Å²) >= 11 is 6.10. The predicted octanol–water partition coefficient (Wildman–Crippen LogP) is 3.19. The normalized spacial score (nSPS) is 14.6. The lowest BCUT2D eigenvalue weighted by molar-refractivity contribution is -0.132. The number of halogens is 1. The second kappa shape index (κ2) is 7.40. The van der Waals surface area contributed by atoms with E-state index in [4.69, 9.17) is 11.6 Å². The Morgan fingerprint density at radius 2 is 1.92 bits per heavy atom. The minimum atomic E-state index is -0.173. The molecule has 0 bridgehead atoms. The van der Waals surface area contributed by atoms with Gasteiger partial charge in [0.25, 0.3) is 5.56 Å². The zero-order valence-corrected chi connectivity index (χ0v) is 15.3. The van der Waals surface area contributed by atoms with E-state index >= 15 is 0 Å². The second-order valence-electron chi connectivity index (χ2n) is 6.49. The maximum absolute atomic E-state index is 12.8. The van der Waals surface area contributed by atoms with Gasteiger partial charge in [0.1, 0.15) is 12.4 Å². The topological polar surface area (TPSA) is 55.2 Å². The first-order valence-electron chi connectivity index (χ1n) is 8.59. The Morgan fingerprint density at radius 3 is 2.60 bits per heavy atom. The SMILES string of the molecule is Cc1nc(-c2cccc(Cl)c2)n(CC(=O)N2CCCCC2)c(=O)c1C. The van der Waals surface area contributed by atoms with Crippen LogP contribution in [0.1, 0.15) is 30.5 Å². The van der Waals surface area contributed by atoms with Gasteiger partial charge in [0, 0.05) is 34.9 Å². The number of aryl methyl sites for hydroxylation is 1. The number of hydrogen-bond acceptors (Lipinski definition) is 3. The number of benzene rings is 1. The molecular formula is C19H22ClN3O2. The monoisotopic (exact) mass is 359 g/mol. The fourth-order valence-corrected chi connectivity index (χ4v) is 3.32. The second-order valence-corrected chi connectivity index (χ2v) is 6.93. The third-order valence-electron chi connectivity index (χ3n) is 4.72. The molecule has 1 saturated heterocycles. The van der Waals surface area contributed by atoms with Crippen molar-refractivity contribution in [1.82, 2.24) is 14.5 Å². The standard InChI is InChI=1S/C19H22ClN3O2/c1-13-14(2)21-18(15-7-6-8-16(20)11-15)23(19(13)25)12-17(24)22-9-4-3-5-10-22/h6-8,11H,3-5,9-10,12H2,1-2H3. The Balaban J connectivity index is 2.03. The molecule has 1 fully saturated rings. The lowest BCUT2D eigenvalue weighted by atomic mass is 10.1. The van der Waals surface area contributed by atoms with Crippen molar-refractivity contribution in [2.45, 2.75) is 39.7 Å². The summed E-state index contributed by atoms with van der Waals surface area (Å²) in [5.41, 5.74) is 1.80. The molecule has 0 spiro atoms. The Hall–Kier alpha value is -2.14. The summed E-state index contributed by atoms with van der Waals surface area (Å²) in [4.78, 5) is 31.9. The molecule has 132 valence electrons. The molecule has 25 heavy (non-hydrogen) atoms. The first-order chi connectivity index (χ1) is 12.0. The molecule has 3 rings (SSSR count). The molecule has 0 atom stereocenters. The lowest BCUT2D eigenvalue weighted by Crippen LogP contribution is -2.40. The highest BCUT2D eigenvalue weighted by Crippen LogP contribution is 2.21. The van der Waals surface area contributed by atoms with E-state index in [0.29, 0.717) is 22.1 Å². The molecule has 1 aromatic heterocycles. The molecule has 6 heteroatoms. The Morgan fingerprint density at radius 1 is 1.20 bits per heavy atom. The molecule has 1 aliphatic rings. The van der Waals surface area contributed by atoms with Crippen LogP contribution in [-0.4, -0.2) is 33.4 Å². The molecular weight excluding hydrogens is 338 g/mol. The third kappa shape index (κ3) is 3.76. The largest absolute Gasteiger partial charge is 0.341 e. The molecule has 1 amide bonds. The van der Waals surface area contributed by atoms with Crippen molar-refractivity contribution in [3.63, 3.8) is 0 Å². The van der Waals surface area contributed by atoms with Crippen LogP contribution in [-0.2, 0) is 11.3 Å². The van der Waals surface area contributed by atoms with E-state index in [1.165, 1.54) is 4.57 Å². The number of nitrogens with zero attached hydrogens (tertiary/aromatic N) is 3. The van der Waals surface area contributed by atoms with Crippen molar-refractivity contribution < 1.29 is 4.79 Å². The van der Waals surface area contributed by atoms with Crippen molar-refractivity contribution >= 4 is 17.5 Å². The van der Waals surface area contributed by atoms with E-state index in [-0.39, 0.29) is 18.0 Å². The van der Waals surface area contributed by atoms with Crippen molar-refractivity contribution in [2.24, 2.45) is 0 Å². The van der Waals surface area contributed by atoms with Crippen LogP contribution in [0, 0.1) is 13.8 Å². The quantitative estimate of drug-likeness (QED) is 0.845. The zero-order valence-electron chi connectivity index (χ0n) is 14.6. The molecule has 2 heterocycles. The Labute approximate surface area is 152 Å². The number of carbonyl (C=O) groups excluding carboxylic acids is 1. The van der Waals surface area contributed by atoms with Gasteiger partial charge in [-0.05, 0) is 45.2 Å². The summed E-state index contributed by atoms with van der Waals surface area (Å²) in [5, 5.41) is 0.568. The lowest BCUT2D eigenvalue weighted by Gasteiger charge is -2.27. The maximum atomic E-state index is 12.8. The summed E-state index contributed by atoms with van der Waals surface area (Å²) < 4.78 is 1.48. The Bertz CT molecular complexity index is 854. The number of likely N-dealkylation sites (tertiary alicyclic amines) is 1. The van der Waals surface area contributed by atoms with Crippen LogP contribution in [0.5, 0.6) is 0 Å². The molecule has 0 radical (unpaired) electrons. The minimum Gasteiger partial charge on any atom is -0.341 e. The maximum Gasteiger partial charge on any atom is 0.257 e. The van der Waals surface area contributed by atoms with Gasteiger partial charge in [0.2, 0.25) is 5.91 Å². The number of carbonyl (C=O) groups is 1. The molecule has 0 unspecified atom stereocenters. The predicted molar refractivity (Wildman–Crippen MR) is 98.8 cm³/mol. The van der Waals surface area contributed by atoms with Crippen molar-refractivity contribution in [3.8, 4) is 11.4 Å². The average molecular weight is 360 g/mol.